The molecule has 2 rings (SSSR count). The predicted molar refractivity (Wildman–Crippen MR) is 79.2 cm³/mol. The molecule has 0 radical (unpaired) electrons. The van der Waals surface area contributed by atoms with Crippen molar-refractivity contribution in [1.82, 2.24) is 0 Å². The van der Waals surface area contributed by atoms with Gasteiger partial charge in [0.1, 0.15) is 6.35 Å². The molecule has 0 bridgehead atoms. The normalized spacial score (nSPS) is 27.5. The molecule has 4 nitrogen and oxygen atoms in total. The van der Waals surface area contributed by atoms with Crippen molar-refractivity contribution in [1.29, 1.82) is 0 Å². The second-order valence-corrected chi connectivity index (χ2v) is 8.15. The van der Waals surface area contributed by atoms with Crippen molar-refractivity contribution in [3.05, 3.63) is 34.9 Å². The van der Waals surface area contributed by atoms with E-state index in [1.165, 1.54) is 0 Å². The summed E-state index contributed by atoms with van der Waals surface area (Å²) < 4.78 is 29.1. The quantitative estimate of drug-likeness (QED) is 0.752. The number of ether oxygens (including phenoxy) is 1. The Labute approximate surface area is 124 Å². The smallest absolute Gasteiger partial charge is 0.356 e. The van der Waals surface area contributed by atoms with Crippen LogP contribution in [0.1, 0.15) is 38.9 Å². The average molecular weight is 319 g/mol. The summed E-state index contributed by atoms with van der Waals surface area (Å²) in [6.07, 6.45) is 0.352. The fourth-order valence-electron chi connectivity index (χ4n) is 1.85. The first-order chi connectivity index (χ1) is 9.27. The highest BCUT2D eigenvalue weighted by atomic mass is 35.5. The molecule has 1 aromatic carbocycles. The van der Waals surface area contributed by atoms with Crippen molar-refractivity contribution in [2.75, 3.05) is 13.0 Å². The molecule has 0 spiro atoms. The molecule has 1 fully saturated rings. The highest BCUT2D eigenvalue weighted by Crippen LogP contribution is 2.56. The van der Waals surface area contributed by atoms with Gasteiger partial charge in [0.2, 0.25) is 0 Å². The van der Waals surface area contributed by atoms with Crippen molar-refractivity contribution >= 4 is 19.2 Å². The largest absolute Gasteiger partial charge is 0.363 e. The minimum absolute atomic E-state index is 0.0342. The molecule has 112 valence electrons. The van der Waals surface area contributed by atoms with Gasteiger partial charge in [-0.1, -0.05) is 23.7 Å². The standard InChI is InChI=1S/C14H20ClO4P/c1-14(2,3)17-10-20(16)18-8-7-13(19-20)11-5-4-6-12(15)9-11/h4-6,9,13H,7-8,10H2,1-3H3. The zero-order valence-corrected chi connectivity index (χ0v) is 13.6. The van der Waals surface area contributed by atoms with E-state index in [-0.39, 0.29) is 18.1 Å². The Balaban J connectivity index is 2.06. The lowest BCUT2D eigenvalue weighted by Crippen LogP contribution is -2.23. The van der Waals surface area contributed by atoms with E-state index in [1.807, 2.05) is 39.0 Å². The summed E-state index contributed by atoms with van der Waals surface area (Å²) in [6.45, 7) is 6.09. The molecule has 0 saturated carbocycles. The first kappa shape index (κ1) is 16.0. The molecule has 1 aromatic rings. The molecule has 0 amide bonds. The first-order valence-corrected chi connectivity index (χ1v) is 8.69. The maximum Gasteiger partial charge on any atom is 0.356 e. The third-order valence-corrected chi connectivity index (χ3v) is 4.66. The highest BCUT2D eigenvalue weighted by molar-refractivity contribution is 7.53. The summed E-state index contributed by atoms with van der Waals surface area (Å²) in [5.74, 6) is 0. The van der Waals surface area contributed by atoms with Gasteiger partial charge in [-0.15, -0.1) is 0 Å². The molecule has 6 heteroatoms. The Hall–Kier alpha value is -0.380. The van der Waals surface area contributed by atoms with E-state index in [0.717, 1.165) is 5.56 Å². The lowest BCUT2D eigenvalue weighted by Gasteiger charge is -2.31. The second-order valence-electron chi connectivity index (χ2n) is 5.77. The monoisotopic (exact) mass is 318 g/mol. The molecule has 2 atom stereocenters. The maximum atomic E-state index is 12.5. The number of benzene rings is 1. The minimum Gasteiger partial charge on any atom is -0.363 e. The van der Waals surface area contributed by atoms with Crippen molar-refractivity contribution < 1.29 is 18.3 Å². The summed E-state index contributed by atoms with van der Waals surface area (Å²) in [6, 6.07) is 7.39. The molecule has 2 unspecified atom stereocenters. The van der Waals surface area contributed by atoms with Crippen LogP contribution in [0.15, 0.2) is 24.3 Å². The fourth-order valence-corrected chi connectivity index (χ4v) is 3.79. The summed E-state index contributed by atoms with van der Waals surface area (Å²) in [4.78, 5) is 0. The topological polar surface area (TPSA) is 44.8 Å². The number of hydrogen-bond acceptors (Lipinski definition) is 4. The van der Waals surface area contributed by atoms with E-state index in [0.29, 0.717) is 18.1 Å². The third kappa shape index (κ3) is 4.57. The summed E-state index contributed by atoms with van der Waals surface area (Å²) >= 11 is 5.98. The molecule has 1 saturated heterocycles. The molecule has 1 heterocycles. The molecule has 0 aliphatic carbocycles. The second kappa shape index (κ2) is 6.17. The Morgan fingerprint density at radius 3 is 2.85 bits per heavy atom. The lowest BCUT2D eigenvalue weighted by molar-refractivity contribution is -0.00242. The third-order valence-electron chi connectivity index (χ3n) is 2.83. The molecule has 20 heavy (non-hydrogen) atoms. The van der Waals surface area contributed by atoms with Gasteiger partial charge in [0.05, 0.1) is 18.3 Å². The van der Waals surface area contributed by atoms with Gasteiger partial charge < -0.3 is 9.26 Å². The van der Waals surface area contributed by atoms with Gasteiger partial charge in [-0.3, -0.25) is 9.09 Å². The molecular formula is C14H20ClO4P. The molecule has 0 N–H and O–H groups in total. The zero-order chi connectivity index (χ0) is 14.8. The molecule has 1 aliphatic rings. The van der Waals surface area contributed by atoms with Crippen LogP contribution in [0.4, 0.5) is 0 Å². The van der Waals surface area contributed by atoms with Crippen molar-refractivity contribution in [2.24, 2.45) is 0 Å². The van der Waals surface area contributed by atoms with Gasteiger partial charge >= 0.3 is 7.60 Å². The SMILES string of the molecule is CC(C)(C)OCP1(=O)OCCC(c2cccc(Cl)c2)O1. The molecule has 1 aliphatic heterocycles. The van der Waals surface area contributed by atoms with Crippen LogP contribution in [0.2, 0.25) is 5.02 Å². The average Bonchev–Trinajstić information content (AvgIpc) is 2.36. The minimum atomic E-state index is -3.21. The molecular weight excluding hydrogens is 299 g/mol. The highest BCUT2D eigenvalue weighted by Gasteiger charge is 2.35. The van der Waals surface area contributed by atoms with Crippen LogP contribution < -0.4 is 0 Å². The number of hydrogen-bond donors (Lipinski definition) is 0. The van der Waals surface area contributed by atoms with Crippen LogP contribution in [-0.2, 0) is 18.3 Å². The van der Waals surface area contributed by atoms with E-state index in [1.54, 1.807) is 6.07 Å². The van der Waals surface area contributed by atoms with Crippen LogP contribution >= 0.6 is 19.2 Å². The van der Waals surface area contributed by atoms with Crippen LogP contribution in [0.3, 0.4) is 0 Å². The Bertz CT molecular complexity index is 512. The molecule has 0 aromatic heterocycles. The van der Waals surface area contributed by atoms with E-state index in [2.05, 4.69) is 0 Å². The van der Waals surface area contributed by atoms with Crippen LogP contribution in [0.25, 0.3) is 0 Å². The van der Waals surface area contributed by atoms with E-state index < -0.39 is 7.60 Å². The van der Waals surface area contributed by atoms with E-state index >= 15 is 0 Å². The Morgan fingerprint density at radius 1 is 1.45 bits per heavy atom. The van der Waals surface area contributed by atoms with Gasteiger partial charge in [-0.05, 0) is 38.5 Å². The van der Waals surface area contributed by atoms with Gasteiger partial charge in [0.25, 0.3) is 0 Å². The number of halogens is 1. The summed E-state index contributed by atoms with van der Waals surface area (Å²) in [5, 5.41) is 0.637. The van der Waals surface area contributed by atoms with Gasteiger partial charge in [-0.25, -0.2) is 0 Å². The van der Waals surface area contributed by atoms with Crippen molar-refractivity contribution in [3.63, 3.8) is 0 Å². The first-order valence-electron chi connectivity index (χ1n) is 6.59. The number of rotatable bonds is 3. The van der Waals surface area contributed by atoms with E-state index in [4.69, 9.17) is 25.4 Å². The fraction of sp³-hybridized carbons (Fsp3) is 0.571. The Kier molecular flexibility index (Phi) is 4.93. The zero-order valence-electron chi connectivity index (χ0n) is 12.0. The van der Waals surface area contributed by atoms with Gasteiger partial charge in [-0.2, -0.15) is 0 Å². The maximum absolute atomic E-state index is 12.5. The van der Waals surface area contributed by atoms with Crippen LogP contribution in [0, 0.1) is 0 Å². The van der Waals surface area contributed by atoms with Gasteiger partial charge in [0.15, 0.2) is 0 Å². The predicted octanol–water partition coefficient (Wildman–Crippen LogP) is 4.78. The van der Waals surface area contributed by atoms with Gasteiger partial charge in [0, 0.05) is 11.4 Å². The Morgan fingerprint density at radius 2 is 2.20 bits per heavy atom. The van der Waals surface area contributed by atoms with Crippen molar-refractivity contribution in [3.8, 4) is 0 Å². The van der Waals surface area contributed by atoms with E-state index in [9.17, 15) is 4.57 Å². The lowest BCUT2D eigenvalue weighted by atomic mass is 10.1. The van der Waals surface area contributed by atoms with Crippen LogP contribution in [-0.4, -0.2) is 18.6 Å². The summed E-state index contributed by atoms with van der Waals surface area (Å²) in [7, 11) is -3.21. The van der Waals surface area contributed by atoms with Crippen molar-refractivity contribution in [2.45, 2.75) is 38.9 Å². The summed E-state index contributed by atoms with van der Waals surface area (Å²) in [5.41, 5.74) is 0.532. The van der Waals surface area contributed by atoms with Crippen LogP contribution in [0.5, 0.6) is 0 Å².